The highest BCUT2D eigenvalue weighted by Crippen LogP contribution is 2.29. The molecule has 2 aromatic carbocycles. The minimum Gasteiger partial charge on any atom is -0.342 e. The van der Waals surface area contributed by atoms with E-state index in [4.69, 9.17) is 0 Å². The molecule has 1 N–H and O–H groups in total. The van der Waals surface area contributed by atoms with Gasteiger partial charge in [0.15, 0.2) is 0 Å². The lowest BCUT2D eigenvalue weighted by molar-refractivity contribution is -0.137. The summed E-state index contributed by atoms with van der Waals surface area (Å²) in [6.45, 7) is 5.36. The number of amides is 2. The van der Waals surface area contributed by atoms with E-state index in [0.717, 1.165) is 63.1 Å². The first-order chi connectivity index (χ1) is 15.6. The molecule has 170 valence electrons. The van der Waals surface area contributed by atoms with E-state index >= 15 is 0 Å². The number of hydrogen-bond donors (Lipinski definition) is 1. The predicted molar refractivity (Wildman–Crippen MR) is 128 cm³/mol. The van der Waals surface area contributed by atoms with Gasteiger partial charge >= 0.3 is 0 Å². The molecule has 2 aromatic rings. The highest BCUT2D eigenvalue weighted by atomic mass is 16.2. The van der Waals surface area contributed by atoms with Crippen molar-refractivity contribution in [2.24, 2.45) is 5.92 Å². The van der Waals surface area contributed by atoms with Crippen molar-refractivity contribution in [1.29, 1.82) is 0 Å². The van der Waals surface area contributed by atoms with Crippen LogP contribution >= 0.6 is 0 Å². The van der Waals surface area contributed by atoms with Crippen LogP contribution in [-0.2, 0) is 9.59 Å². The van der Waals surface area contributed by atoms with Crippen molar-refractivity contribution in [3.8, 4) is 0 Å². The second-order valence-electron chi connectivity index (χ2n) is 9.22. The minimum absolute atomic E-state index is 0.0163. The SMILES string of the molecule is Cc1ccc(NC(=O)[C@H](c2ccccc2)N2CCC(C(=O)N3CCCCCC3)CC2)cc1. The Labute approximate surface area is 191 Å². The van der Waals surface area contributed by atoms with E-state index in [-0.39, 0.29) is 17.9 Å². The number of piperidine rings is 1. The fourth-order valence-corrected chi connectivity index (χ4v) is 4.96. The summed E-state index contributed by atoms with van der Waals surface area (Å²) in [6.07, 6.45) is 6.35. The smallest absolute Gasteiger partial charge is 0.246 e. The van der Waals surface area contributed by atoms with Crippen molar-refractivity contribution in [3.05, 3.63) is 65.7 Å². The van der Waals surface area contributed by atoms with Crippen LogP contribution in [0.1, 0.15) is 55.7 Å². The van der Waals surface area contributed by atoms with Gasteiger partial charge in [-0.1, -0.05) is 60.9 Å². The Morgan fingerprint density at radius 2 is 1.47 bits per heavy atom. The molecule has 5 nitrogen and oxygen atoms in total. The maximum Gasteiger partial charge on any atom is 0.246 e. The largest absolute Gasteiger partial charge is 0.342 e. The molecular formula is C27H35N3O2. The second kappa shape index (κ2) is 10.8. The van der Waals surface area contributed by atoms with Crippen molar-refractivity contribution < 1.29 is 9.59 Å². The van der Waals surface area contributed by atoms with Crippen LogP contribution in [0.2, 0.25) is 0 Å². The lowest BCUT2D eigenvalue weighted by Crippen LogP contribution is -2.46. The zero-order valence-electron chi connectivity index (χ0n) is 19.1. The molecule has 2 aliphatic heterocycles. The first kappa shape index (κ1) is 22.5. The van der Waals surface area contributed by atoms with Gasteiger partial charge in [0, 0.05) is 24.7 Å². The number of nitrogens with one attached hydrogen (secondary N) is 1. The van der Waals surface area contributed by atoms with E-state index in [1.165, 1.54) is 18.4 Å². The Bertz CT molecular complexity index is 881. The van der Waals surface area contributed by atoms with Crippen LogP contribution in [0.3, 0.4) is 0 Å². The molecule has 2 heterocycles. The lowest BCUT2D eigenvalue weighted by atomic mass is 9.92. The minimum atomic E-state index is -0.355. The average Bonchev–Trinajstić information content (AvgIpc) is 3.11. The van der Waals surface area contributed by atoms with Gasteiger partial charge in [0.25, 0.3) is 0 Å². The summed E-state index contributed by atoms with van der Waals surface area (Å²) in [4.78, 5) is 30.8. The topological polar surface area (TPSA) is 52.7 Å². The van der Waals surface area contributed by atoms with Gasteiger partial charge in [-0.15, -0.1) is 0 Å². The van der Waals surface area contributed by atoms with E-state index in [9.17, 15) is 9.59 Å². The molecule has 0 aromatic heterocycles. The molecule has 0 saturated carbocycles. The molecule has 0 unspecified atom stereocenters. The van der Waals surface area contributed by atoms with Gasteiger partial charge in [-0.3, -0.25) is 14.5 Å². The maximum atomic E-state index is 13.4. The number of hydrogen-bond acceptors (Lipinski definition) is 3. The van der Waals surface area contributed by atoms with E-state index in [2.05, 4.69) is 15.1 Å². The standard InChI is InChI=1S/C27H35N3O2/c1-21-11-13-24(14-12-21)28-26(31)25(22-9-5-4-6-10-22)29-19-15-23(16-20-29)27(32)30-17-7-2-3-8-18-30/h4-6,9-14,23,25H,2-3,7-8,15-20H2,1H3,(H,28,31)/t25-/m0/s1. The third-order valence-electron chi connectivity index (χ3n) is 6.84. The van der Waals surface area contributed by atoms with Crippen molar-refractivity contribution in [2.45, 2.75) is 51.5 Å². The Kier molecular flexibility index (Phi) is 7.59. The third kappa shape index (κ3) is 5.57. The fraction of sp³-hybridized carbons (Fsp3) is 0.481. The van der Waals surface area contributed by atoms with E-state index in [1.807, 2.05) is 61.5 Å². The zero-order valence-corrected chi connectivity index (χ0v) is 19.1. The van der Waals surface area contributed by atoms with Gasteiger partial charge in [-0.2, -0.15) is 0 Å². The summed E-state index contributed by atoms with van der Waals surface area (Å²) in [5, 5.41) is 3.10. The Morgan fingerprint density at radius 1 is 0.844 bits per heavy atom. The lowest BCUT2D eigenvalue weighted by Gasteiger charge is -2.38. The Balaban J connectivity index is 1.43. The number of carbonyl (C=O) groups is 2. The van der Waals surface area contributed by atoms with Crippen LogP contribution < -0.4 is 5.32 Å². The molecule has 5 heteroatoms. The number of carbonyl (C=O) groups excluding carboxylic acids is 2. The highest BCUT2D eigenvalue weighted by Gasteiger charge is 2.34. The number of likely N-dealkylation sites (tertiary alicyclic amines) is 2. The highest BCUT2D eigenvalue weighted by molar-refractivity contribution is 5.95. The summed E-state index contributed by atoms with van der Waals surface area (Å²) < 4.78 is 0. The maximum absolute atomic E-state index is 13.4. The van der Waals surface area contributed by atoms with Crippen molar-refractivity contribution >= 4 is 17.5 Å². The Hall–Kier alpha value is -2.66. The van der Waals surface area contributed by atoms with E-state index < -0.39 is 0 Å². The number of rotatable bonds is 5. The van der Waals surface area contributed by atoms with E-state index in [0.29, 0.717) is 5.91 Å². The van der Waals surface area contributed by atoms with Crippen LogP contribution in [0.25, 0.3) is 0 Å². The molecule has 2 saturated heterocycles. The summed E-state index contributed by atoms with van der Waals surface area (Å²) in [5.41, 5.74) is 2.97. The third-order valence-corrected chi connectivity index (χ3v) is 6.84. The van der Waals surface area contributed by atoms with Crippen LogP contribution in [0.5, 0.6) is 0 Å². The van der Waals surface area contributed by atoms with Gasteiger partial charge in [0.05, 0.1) is 0 Å². The van der Waals surface area contributed by atoms with Crippen molar-refractivity contribution in [3.63, 3.8) is 0 Å². The first-order valence-electron chi connectivity index (χ1n) is 12.1. The van der Waals surface area contributed by atoms with Crippen LogP contribution in [-0.4, -0.2) is 47.8 Å². The molecule has 1 atom stereocenters. The van der Waals surface area contributed by atoms with Crippen LogP contribution in [0.4, 0.5) is 5.69 Å². The van der Waals surface area contributed by atoms with Gasteiger partial charge in [0.2, 0.25) is 11.8 Å². The molecule has 0 radical (unpaired) electrons. The predicted octanol–water partition coefficient (Wildman–Crippen LogP) is 4.79. The molecular weight excluding hydrogens is 398 g/mol. The summed E-state index contributed by atoms with van der Waals surface area (Å²) in [5.74, 6) is 0.394. The number of aryl methyl sites for hydroxylation is 1. The number of nitrogens with zero attached hydrogens (tertiary/aromatic N) is 2. The van der Waals surface area contributed by atoms with Crippen LogP contribution in [0.15, 0.2) is 54.6 Å². The molecule has 2 fully saturated rings. The van der Waals surface area contributed by atoms with Gasteiger partial charge in [-0.05, 0) is 63.4 Å². The van der Waals surface area contributed by atoms with Gasteiger partial charge in [0.1, 0.15) is 6.04 Å². The molecule has 4 rings (SSSR count). The number of benzene rings is 2. The molecule has 2 aliphatic rings. The normalized spacial score (nSPS) is 19.2. The van der Waals surface area contributed by atoms with Gasteiger partial charge < -0.3 is 10.2 Å². The molecule has 0 spiro atoms. The zero-order chi connectivity index (χ0) is 22.3. The monoisotopic (exact) mass is 433 g/mol. The molecule has 2 amide bonds. The summed E-state index contributed by atoms with van der Waals surface area (Å²) >= 11 is 0. The van der Waals surface area contributed by atoms with E-state index in [1.54, 1.807) is 0 Å². The van der Waals surface area contributed by atoms with Crippen molar-refractivity contribution in [2.75, 3.05) is 31.5 Å². The fourth-order valence-electron chi connectivity index (χ4n) is 4.96. The Morgan fingerprint density at radius 3 is 2.09 bits per heavy atom. The molecule has 0 aliphatic carbocycles. The summed E-state index contributed by atoms with van der Waals surface area (Å²) in [7, 11) is 0. The first-order valence-corrected chi connectivity index (χ1v) is 12.1. The van der Waals surface area contributed by atoms with Gasteiger partial charge in [-0.25, -0.2) is 0 Å². The second-order valence-corrected chi connectivity index (χ2v) is 9.22. The average molecular weight is 434 g/mol. The van der Waals surface area contributed by atoms with Crippen LogP contribution in [0, 0.1) is 12.8 Å². The quantitative estimate of drug-likeness (QED) is 0.738. The molecule has 0 bridgehead atoms. The summed E-state index contributed by atoms with van der Waals surface area (Å²) in [6, 6.07) is 17.5. The number of anilines is 1. The molecule has 32 heavy (non-hydrogen) atoms. The van der Waals surface area contributed by atoms with Crippen molar-refractivity contribution in [1.82, 2.24) is 9.80 Å².